The second-order valence-electron chi connectivity index (χ2n) is 6.05. The van der Waals surface area contributed by atoms with Crippen LogP contribution in [-0.4, -0.2) is 29.1 Å². The van der Waals surface area contributed by atoms with Gasteiger partial charge in [0.15, 0.2) is 0 Å². The van der Waals surface area contributed by atoms with Crippen molar-refractivity contribution in [3.8, 4) is 0 Å². The summed E-state index contributed by atoms with van der Waals surface area (Å²) < 4.78 is 0. The number of carbonyl (C=O) groups is 1. The standard InChI is InChI=1S/C16H26N2O2/c1-12(2)6-9-18(10-7-13(3)4)15-5-8-17-11-14(15)16(19)20/h5,8,11-13H,6-7,9-10H2,1-4H3,(H,19,20). The molecule has 1 N–H and O–H groups in total. The van der Waals surface area contributed by atoms with Gasteiger partial charge < -0.3 is 10.0 Å². The van der Waals surface area contributed by atoms with E-state index in [1.54, 1.807) is 6.20 Å². The number of aromatic nitrogens is 1. The Morgan fingerprint density at radius 2 is 1.75 bits per heavy atom. The molecule has 0 aromatic carbocycles. The van der Waals surface area contributed by atoms with Gasteiger partial charge in [-0.25, -0.2) is 4.79 Å². The average molecular weight is 278 g/mol. The van der Waals surface area contributed by atoms with E-state index in [0.717, 1.165) is 31.6 Å². The fourth-order valence-corrected chi connectivity index (χ4v) is 2.01. The maximum Gasteiger partial charge on any atom is 0.339 e. The number of hydrogen-bond acceptors (Lipinski definition) is 3. The topological polar surface area (TPSA) is 53.4 Å². The summed E-state index contributed by atoms with van der Waals surface area (Å²) in [5.41, 5.74) is 1.08. The van der Waals surface area contributed by atoms with Crippen LogP contribution in [0.1, 0.15) is 50.9 Å². The Labute approximate surface area is 121 Å². The molecule has 4 heteroatoms. The van der Waals surface area contributed by atoms with Crippen molar-refractivity contribution in [1.82, 2.24) is 4.98 Å². The minimum absolute atomic E-state index is 0.292. The lowest BCUT2D eigenvalue weighted by molar-refractivity contribution is 0.0697. The van der Waals surface area contributed by atoms with E-state index < -0.39 is 5.97 Å². The summed E-state index contributed by atoms with van der Waals surface area (Å²) in [6.45, 7) is 10.5. The molecule has 1 aromatic heterocycles. The predicted octanol–water partition coefficient (Wildman–Crippen LogP) is 3.68. The molecule has 0 aliphatic carbocycles. The van der Waals surface area contributed by atoms with Crippen molar-refractivity contribution >= 4 is 11.7 Å². The molecule has 20 heavy (non-hydrogen) atoms. The number of nitrogens with zero attached hydrogens (tertiary/aromatic N) is 2. The van der Waals surface area contributed by atoms with Crippen LogP contribution in [0.5, 0.6) is 0 Å². The van der Waals surface area contributed by atoms with Crippen molar-refractivity contribution < 1.29 is 9.90 Å². The van der Waals surface area contributed by atoms with Gasteiger partial charge in [-0.1, -0.05) is 27.7 Å². The van der Waals surface area contributed by atoms with Gasteiger partial charge in [-0.2, -0.15) is 0 Å². The Morgan fingerprint density at radius 3 is 2.20 bits per heavy atom. The summed E-state index contributed by atoms with van der Waals surface area (Å²) in [6, 6.07) is 1.81. The van der Waals surface area contributed by atoms with Gasteiger partial charge in [0.1, 0.15) is 5.56 Å². The van der Waals surface area contributed by atoms with E-state index in [1.165, 1.54) is 6.20 Å². The Balaban J connectivity index is 2.93. The highest BCUT2D eigenvalue weighted by Crippen LogP contribution is 2.21. The highest BCUT2D eigenvalue weighted by atomic mass is 16.4. The van der Waals surface area contributed by atoms with Crippen LogP contribution < -0.4 is 4.90 Å². The number of rotatable bonds is 8. The summed E-state index contributed by atoms with van der Waals surface area (Å²) in [6.07, 6.45) is 5.22. The molecule has 0 aliphatic rings. The maximum absolute atomic E-state index is 11.3. The molecule has 4 nitrogen and oxygen atoms in total. The molecular formula is C16H26N2O2. The van der Waals surface area contributed by atoms with Gasteiger partial charge in [-0.15, -0.1) is 0 Å². The molecule has 0 fully saturated rings. The summed E-state index contributed by atoms with van der Waals surface area (Å²) in [5, 5.41) is 9.30. The largest absolute Gasteiger partial charge is 0.478 e. The third-order valence-corrected chi connectivity index (χ3v) is 3.32. The molecule has 1 rings (SSSR count). The van der Waals surface area contributed by atoms with Crippen molar-refractivity contribution in [2.75, 3.05) is 18.0 Å². The van der Waals surface area contributed by atoms with E-state index in [0.29, 0.717) is 17.4 Å². The molecule has 0 bridgehead atoms. The van der Waals surface area contributed by atoms with Gasteiger partial charge in [0.25, 0.3) is 0 Å². The lowest BCUT2D eigenvalue weighted by Crippen LogP contribution is -2.29. The lowest BCUT2D eigenvalue weighted by atomic mass is 10.1. The van der Waals surface area contributed by atoms with Crippen LogP contribution in [0.15, 0.2) is 18.5 Å². The highest BCUT2D eigenvalue weighted by Gasteiger charge is 2.16. The van der Waals surface area contributed by atoms with Crippen LogP contribution in [0, 0.1) is 11.8 Å². The molecule has 0 saturated carbocycles. The third-order valence-electron chi connectivity index (χ3n) is 3.32. The smallest absolute Gasteiger partial charge is 0.339 e. The van der Waals surface area contributed by atoms with Crippen LogP contribution in [0.2, 0.25) is 0 Å². The monoisotopic (exact) mass is 278 g/mol. The maximum atomic E-state index is 11.3. The second-order valence-corrected chi connectivity index (χ2v) is 6.05. The first-order valence-electron chi connectivity index (χ1n) is 7.34. The summed E-state index contributed by atoms with van der Waals surface area (Å²) in [5.74, 6) is 0.297. The minimum atomic E-state index is -0.910. The molecule has 1 heterocycles. The van der Waals surface area contributed by atoms with Crippen molar-refractivity contribution in [3.63, 3.8) is 0 Å². The molecular weight excluding hydrogens is 252 g/mol. The van der Waals surface area contributed by atoms with Crippen LogP contribution in [0.25, 0.3) is 0 Å². The number of carboxylic acid groups (broad SMARTS) is 1. The van der Waals surface area contributed by atoms with E-state index in [1.807, 2.05) is 6.07 Å². The van der Waals surface area contributed by atoms with Crippen molar-refractivity contribution in [3.05, 3.63) is 24.0 Å². The number of pyridine rings is 1. The lowest BCUT2D eigenvalue weighted by Gasteiger charge is -2.27. The Morgan fingerprint density at radius 1 is 1.20 bits per heavy atom. The Kier molecular flexibility index (Phi) is 6.49. The van der Waals surface area contributed by atoms with Gasteiger partial charge in [0, 0.05) is 25.5 Å². The molecule has 0 saturated heterocycles. The number of carboxylic acids is 1. The van der Waals surface area contributed by atoms with Gasteiger partial charge in [0.05, 0.1) is 5.69 Å². The number of hydrogen-bond donors (Lipinski definition) is 1. The molecule has 0 amide bonds. The normalized spacial score (nSPS) is 11.1. The Hall–Kier alpha value is -1.58. The first-order chi connectivity index (χ1) is 9.41. The zero-order valence-corrected chi connectivity index (χ0v) is 13.0. The summed E-state index contributed by atoms with van der Waals surface area (Å²) >= 11 is 0. The van der Waals surface area contributed by atoms with E-state index >= 15 is 0 Å². The summed E-state index contributed by atoms with van der Waals surface area (Å²) in [4.78, 5) is 17.5. The quantitative estimate of drug-likeness (QED) is 0.788. The van der Waals surface area contributed by atoms with E-state index in [4.69, 9.17) is 0 Å². The fraction of sp³-hybridized carbons (Fsp3) is 0.625. The molecule has 1 aromatic rings. The number of aromatic carboxylic acids is 1. The Bertz CT molecular complexity index is 418. The van der Waals surface area contributed by atoms with Gasteiger partial charge in [-0.05, 0) is 30.7 Å². The first kappa shape index (κ1) is 16.5. The molecule has 0 aliphatic heterocycles. The third kappa shape index (κ3) is 5.19. The molecule has 0 atom stereocenters. The number of anilines is 1. The first-order valence-corrected chi connectivity index (χ1v) is 7.34. The van der Waals surface area contributed by atoms with Crippen molar-refractivity contribution in [2.45, 2.75) is 40.5 Å². The van der Waals surface area contributed by atoms with E-state index in [9.17, 15) is 9.90 Å². The fourth-order valence-electron chi connectivity index (χ4n) is 2.01. The zero-order chi connectivity index (χ0) is 15.1. The summed E-state index contributed by atoms with van der Waals surface area (Å²) in [7, 11) is 0. The minimum Gasteiger partial charge on any atom is -0.478 e. The molecule has 0 radical (unpaired) electrons. The predicted molar refractivity (Wildman–Crippen MR) is 82.3 cm³/mol. The van der Waals surface area contributed by atoms with Gasteiger partial charge >= 0.3 is 5.97 Å². The second kappa shape index (κ2) is 7.88. The van der Waals surface area contributed by atoms with Gasteiger partial charge in [0.2, 0.25) is 0 Å². The van der Waals surface area contributed by atoms with Crippen LogP contribution >= 0.6 is 0 Å². The van der Waals surface area contributed by atoms with E-state index in [-0.39, 0.29) is 0 Å². The van der Waals surface area contributed by atoms with Gasteiger partial charge in [-0.3, -0.25) is 4.98 Å². The van der Waals surface area contributed by atoms with Crippen molar-refractivity contribution in [2.24, 2.45) is 11.8 Å². The van der Waals surface area contributed by atoms with Crippen LogP contribution in [0.4, 0.5) is 5.69 Å². The SMILES string of the molecule is CC(C)CCN(CCC(C)C)c1ccncc1C(=O)O. The highest BCUT2D eigenvalue weighted by molar-refractivity contribution is 5.94. The molecule has 0 unspecified atom stereocenters. The van der Waals surface area contributed by atoms with Crippen LogP contribution in [-0.2, 0) is 0 Å². The van der Waals surface area contributed by atoms with E-state index in [2.05, 4.69) is 37.6 Å². The average Bonchev–Trinajstić information content (AvgIpc) is 2.38. The molecule has 0 spiro atoms. The van der Waals surface area contributed by atoms with Crippen LogP contribution in [0.3, 0.4) is 0 Å². The zero-order valence-electron chi connectivity index (χ0n) is 13.0. The van der Waals surface area contributed by atoms with Crippen molar-refractivity contribution in [1.29, 1.82) is 0 Å². The molecule has 112 valence electrons.